The van der Waals surface area contributed by atoms with Crippen LogP contribution in [0.25, 0.3) is 0 Å². The van der Waals surface area contributed by atoms with Gasteiger partial charge in [0, 0.05) is 57.7 Å². The van der Waals surface area contributed by atoms with Crippen molar-refractivity contribution in [1.29, 1.82) is 0 Å². The third-order valence-electron chi connectivity index (χ3n) is 5.61. The number of hydrogen-bond donors (Lipinski definition) is 0. The van der Waals surface area contributed by atoms with Crippen molar-refractivity contribution in [3.05, 3.63) is 70.5 Å². The fourth-order valence-electron chi connectivity index (χ4n) is 4.12. The summed E-state index contributed by atoms with van der Waals surface area (Å²) in [5, 5.41) is 0.753. The first-order valence-corrected chi connectivity index (χ1v) is 10.3. The van der Waals surface area contributed by atoms with Gasteiger partial charge in [0.05, 0.1) is 6.61 Å². The van der Waals surface area contributed by atoms with Gasteiger partial charge in [-0.2, -0.15) is 0 Å². The third kappa shape index (κ3) is 5.78. The topological polar surface area (TPSA) is 32.8 Å². The van der Waals surface area contributed by atoms with E-state index in [1.807, 2.05) is 35.2 Å². The summed E-state index contributed by atoms with van der Waals surface area (Å²) in [6, 6.07) is 14.7. The van der Waals surface area contributed by atoms with Gasteiger partial charge in [0.1, 0.15) is 5.82 Å². The zero-order chi connectivity index (χ0) is 20.8. The summed E-state index contributed by atoms with van der Waals surface area (Å²) in [6.07, 6.45) is 0. The van der Waals surface area contributed by atoms with Gasteiger partial charge in [-0.15, -0.1) is 0 Å². The molecule has 0 aliphatic carbocycles. The number of hydrogen-bond acceptors (Lipinski definition) is 3. The summed E-state index contributed by atoms with van der Waals surface area (Å²) in [7, 11) is 1.63. The summed E-state index contributed by atoms with van der Waals surface area (Å²) in [5.74, 6) is 0.163. The zero-order valence-electron chi connectivity index (χ0n) is 17.0. The molecule has 0 spiro atoms. The second-order valence-corrected chi connectivity index (χ2v) is 8.07. The molecule has 0 bridgehead atoms. The monoisotopic (exact) mass is 418 g/mol. The molecule has 29 heavy (non-hydrogen) atoms. The molecule has 2 aromatic carbocycles. The predicted octanol–water partition coefficient (Wildman–Crippen LogP) is 4.19. The minimum absolute atomic E-state index is 0.0320. The van der Waals surface area contributed by atoms with E-state index in [1.54, 1.807) is 26.2 Å². The number of methoxy groups -OCH3 is 1. The Morgan fingerprint density at radius 3 is 2.72 bits per heavy atom. The van der Waals surface area contributed by atoms with Crippen LogP contribution in [-0.4, -0.2) is 55.6 Å². The summed E-state index contributed by atoms with van der Waals surface area (Å²) in [6.45, 7) is 5.63. The van der Waals surface area contributed by atoms with Crippen LogP contribution in [0, 0.1) is 11.7 Å². The first-order valence-electron chi connectivity index (χ1n) is 9.93. The van der Waals surface area contributed by atoms with Crippen molar-refractivity contribution in [2.24, 2.45) is 5.92 Å². The molecule has 1 heterocycles. The van der Waals surface area contributed by atoms with Crippen molar-refractivity contribution in [2.45, 2.75) is 19.4 Å². The number of nitrogens with zero attached hydrogens (tertiary/aromatic N) is 2. The molecule has 1 aliphatic rings. The Hall–Kier alpha value is -1.95. The van der Waals surface area contributed by atoms with Crippen molar-refractivity contribution >= 4 is 17.5 Å². The highest BCUT2D eigenvalue weighted by molar-refractivity contribution is 6.31. The molecule has 6 heteroatoms. The minimum Gasteiger partial charge on any atom is -0.383 e. The van der Waals surface area contributed by atoms with E-state index in [0.717, 1.165) is 35.8 Å². The lowest BCUT2D eigenvalue weighted by Gasteiger charge is -2.27. The fourth-order valence-corrected chi connectivity index (χ4v) is 4.31. The van der Waals surface area contributed by atoms with E-state index < -0.39 is 0 Å². The largest absolute Gasteiger partial charge is 0.383 e. The van der Waals surface area contributed by atoms with Crippen molar-refractivity contribution in [3.63, 3.8) is 0 Å². The van der Waals surface area contributed by atoms with E-state index in [2.05, 4.69) is 4.90 Å². The van der Waals surface area contributed by atoms with E-state index in [4.69, 9.17) is 16.3 Å². The molecule has 1 aliphatic heterocycles. The number of ether oxygens (including phenoxy) is 1. The van der Waals surface area contributed by atoms with Gasteiger partial charge in [-0.25, -0.2) is 4.39 Å². The average molecular weight is 419 g/mol. The molecule has 4 nitrogen and oxygen atoms in total. The lowest BCUT2D eigenvalue weighted by atomic mass is 9.88. The van der Waals surface area contributed by atoms with Crippen molar-refractivity contribution in [1.82, 2.24) is 9.80 Å². The summed E-state index contributed by atoms with van der Waals surface area (Å²) < 4.78 is 19.0. The molecule has 2 unspecified atom stereocenters. The van der Waals surface area contributed by atoms with Gasteiger partial charge in [-0.1, -0.05) is 41.9 Å². The number of halogens is 2. The van der Waals surface area contributed by atoms with E-state index in [0.29, 0.717) is 19.7 Å². The highest BCUT2D eigenvalue weighted by atomic mass is 35.5. The van der Waals surface area contributed by atoms with E-state index in [1.165, 1.54) is 6.07 Å². The van der Waals surface area contributed by atoms with Crippen LogP contribution in [0.2, 0.25) is 5.02 Å². The molecule has 1 fully saturated rings. The number of carbonyl (C=O) groups excluding carboxylic acids is 1. The maximum atomic E-state index is 13.9. The predicted molar refractivity (Wildman–Crippen MR) is 113 cm³/mol. The maximum Gasteiger partial charge on any atom is 0.219 e. The molecule has 2 atom stereocenters. The summed E-state index contributed by atoms with van der Waals surface area (Å²) in [4.78, 5) is 16.3. The molecular weight excluding hydrogens is 391 g/mol. The lowest BCUT2D eigenvalue weighted by Crippen LogP contribution is -2.38. The highest BCUT2D eigenvalue weighted by Crippen LogP contribution is 2.35. The van der Waals surface area contributed by atoms with Crippen LogP contribution in [0.3, 0.4) is 0 Å². The van der Waals surface area contributed by atoms with Crippen LogP contribution in [0.1, 0.15) is 24.0 Å². The van der Waals surface area contributed by atoms with Crippen LogP contribution in [0.15, 0.2) is 48.5 Å². The molecule has 156 valence electrons. The van der Waals surface area contributed by atoms with Gasteiger partial charge in [0.2, 0.25) is 5.91 Å². The van der Waals surface area contributed by atoms with Crippen molar-refractivity contribution in [3.8, 4) is 0 Å². The smallest absolute Gasteiger partial charge is 0.219 e. The summed E-state index contributed by atoms with van der Waals surface area (Å²) in [5.41, 5.74) is 2.06. The normalized spacial score (nSPS) is 19.4. The quantitative estimate of drug-likeness (QED) is 0.644. The number of amides is 1. The van der Waals surface area contributed by atoms with Gasteiger partial charge in [0.15, 0.2) is 0 Å². The van der Waals surface area contributed by atoms with E-state index in [-0.39, 0.29) is 23.6 Å². The first kappa shape index (κ1) is 21.8. The van der Waals surface area contributed by atoms with Crippen LogP contribution in [0.5, 0.6) is 0 Å². The minimum atomic E-state index is -0.228. The Balaban J connectivity index is 1.80. The van der Waals surface area contributed by atoms with Gasteiger partial charge in [-0.3, -0.25) is 9.69 Å². The Kier molecular flexibility index (Phi) is 7.64. The maximum absolute atomic E-state index is 13.9. The van der Waals surface area contributed by atoms with Crippen LogP contribution >= 0.6 is 11.6 Å². The Labute approximate surface area is 177 Å². The molecule has 0 saturated carbocycles. The lowest BCUT2D eigenvalue weighted by molar-refractivity contribution is -0.130. The standard InChI is InChI=1S/C23H28ClFN2O2/c1-17(28)27(10-11-29-2)15-20-14-26(13-19-6-3-4-9-23(19)24)16-22(20)18-7-5-8-21(25)12-18/h3-9,12,20,22H,10-11,13-16H2,1-2H3. The number of carbonyl (C=O) groups is 1. The molecule has 0 N–H and O–H groups in total. The van der Waals surface area contributed by atoms with Crippen molar-refractivity contribution < 1.29 is 13.9 Å². The number of likely N-dealkylation sites (tertiary alicyclic amines) is 1. The molecule has 3 rings (SSSR count). The van der Waals surface area contributed by atoms with E-state index in [9.17, 15) is 9.18 Å². The van der Waals surface area contributed by atoms with Gasteiger partial charge >= 0.3 is 0 Å². The molecule has 0 aromatic heterocycles. The van der Waals surface area contributed by atoms with Crippen LogP contribution < -0.4 is 0 Å². The molecule has 1 saturated heterocycles. The van der Waals surface area contributed by atoms with Gasteiger partial charge in [0.25, 0.3) is 0 Å². The Morgan fingerprint density at radius 2 is 2.03 bits per heavy atom. The van der Waals surface area contributed by atoms with Crippen LogP contribution in [0.4, 0.5) is 4.39 Å². The number of rotatable bonds is 8. The van der Waals surface area contributed by atoms with Gasteiger partial charge < -0.3 is 9.64 Å². The third-order valence-corrected chi connectivity index (χ3v) is 5.98. The Bertz CT molecular complexity index is 832. The highest BCUT2D eigenvalue weighted by Gasteiger charge is 2.35. The second kappa shape index (κ2) is 10.2. The molecule has 2 aromatic rings. The van der Waals surface area contributed by atoms with E-state index >= 15 is 0 Å². The average Bonchev–Trinajstić information content (AvgIpc) is 3.09. The van der Waals surface area contributed by atoms with Gasteiger partial charge in [-0.05, 0) is 35.2 Å². The number of benzene rings is 2. The SMILES string of the molecule is COCCN(CC1CN(Cc2ccccc2Cl)CC1c1cccc(F)c1)C(C)=O. The first-order chi connectivity index (χ1) is 14.0. The second-order valence-electron chi connectivity index (χ2n) is 7.66. The molecule has 0 radical (unpaired) electrons. The summed E-state index contributed by atoms with van der Waals surface area (Å²) >= 11 is 6.35. The Morgan fingerprint density at radius 1 is 1.24 bits per heavy atom. The van der Waals surface area contributed by atoms with Crippen LogP contribution in [-0.2, 0) is 16.1 Å². The molecule has 1 amide bonds. The molecular formula is C23H28ClFN2O2. The zero-order valence-corrected chi connectivity index (χ0v) is 17.7. The van der Waals surface area contributed by atoms with Crippen molar-refractivity contribution in [2.75, 3.05) is 39.9 Å². The fraction of sp³-hybridized carbons (Fsp3) is 0.435.